The topological polar surface area (TPSA) is 47.1 Å². The Kier molecular flexibility index (Phi) is 4.71. The largest absolute Gasteiger partial charge is 0.329 e. The number of aromatic nitrogens is 2. The molecule has 0 bridgehead atoms. The summed E-state index contributed by atoms with van der Waals surface area (Å²) in [5.74, 6) is 0. The summed E-state index contributed by atoms with van der Waals surface area (Å²) in [5.41, 5.74) is 8.29. The molecular formula is C13H26N4. The van der Waals surface area contributed by atoms with Crippen molar-refractivity contribution in [3.63, 3.8) is 0 Å². The van der Waals surface area contributed by atoms with Crippen molar-refractivity contribution in [2.24, 2.45) is 12.8 Å². The molecule has 0 atom stereocenters. The van der Waals surface area contributed by atoms with Crippen molar-refractivity contribution in [1.29, 1.82) is 0 Å². The van der Waals surface area contributed by atoms with Gasteiger partial charge in [0.1, 0.15) is 0 Å². The zero-order valence-corrected chi connectivity index (χ0v) is 11.8. The summed E-state index contributed by atoms with van der Waals surface area (Å²) in [4.78, 5) is 2.39. The molecule has 0 aliphatic rings. The van der Waals surface area contributed by atoms with E-state index in [1.807, 2.05) is 11.7 Å². The van der Waals surface area contributed by atoms with Crippen LogP contribution >= 0.6 is 0 Å². The van der Waals surface area contributed by atoms with Crippen LogP contribution in [0.25, 0.3) is 0 Å². The molecule has 1 aromatic heterocycles. The number of nitrogens with two attached hydrogens (primary N) is 1. The van der Waals surface area contributed by atoms with Gasteiger partial charge in [-0.2, -0.15) is 5.10 Å². The number of likely N-dealkylation sites (N-methyl/N-ethyl adjacent to an activating group) is 1. The van der Waals surface area contributed by atoms with Crippen LogP contribution in [0.3, 0.4) is 0 Å². The first kappa shape index (κ1) is 14.2. The molecule has 98 valence electrons. The van der Waals surface area contributed by atoms with E-state index in [4.69, 9.17) is 5.73 Å². The van der Waals surface area contributed by atoms with Gasteiger partial charge in [-0.15, -0.1) is 0 Å². The normalized spacial score (nSPS) is 12.4. The molecule has 0 spiro atoms. The standard InChI is InChI=1S/C13H26N4/c1-6-11-8-12(16(5)15-11)9-17(7-2)13(3,4)10-14/h8H,6-7,9-10,14H2,1-5H3. The molecule has 0 unspecified atom stereocenters. The van der Waals surface area contributed by atoms with Crippen molar-refractivity contribution in [3.8, 4) is 0 Å². The van der Waals surface area contributed by atoms with Crippen LogP contribution in [-0.4, -0.2) is 33.3 Å². The maximum atomic E-state index is 5.84. The highest BCUT2D eigenvalue weighted by Gasteiger charge is 2.24. The first-order valence-electron chi connectivity index (χ1n) is 6.41. The van der Waals surface area contributed by atoms with Crippen LogP contribution in [0, 0.1) is 0 Å². The minimum absolute atomic E-state index is 0.0331. The van der Waals surface area contributed by atoms with E-state index in [0.29, 0.717) is 6.54 Å². The van der Waals surface area contributed by atoms with E-state index in [0.717, 1.165) is 25.2 Å². The van der Waals surface area contributed by atoms with Crippen molar-refractivity contribution >= 4 is 0 Å². The highest BCUT2D eigenvalue weighted by atomic mass is 15.3. The van der Waals surface area contributed by atoms with Gasteiger partial charge in [-0.05, 0) is 32.9 Å². The Morgan fingerprint density at radius 1 is 1.41 bits per heavy atom. The molecule has 0 saturated heterocycles. The first-order valence-corrected chi connectivity index (χ1v) is 6.41. The number of nitrogens with zero attached hydrogens (tertiary/aromatic N) is 3. The Bertz CT molecular complexity index is 354. The summed E-state index contributed by atoms with van der Waals surface area (Å²) >= 11 is 0. The summed E-state index contributed by atoms with van der Waals surface area (Å²) < 4.78 is 1.98. The van der Waals surface area contributed by atoms with E-state index >= 15 is 0 Å². The molecule has 2 N–H and O–H groups in total. The van der Waals surface area contributed by atoms with Crippen LogP contribution in [-0.2, 0) is 20.0 Å². The minimum Gasteiger partial charge on any atom is -0.329 e. The van der Waals surface area contributed by atoms with Crippen LogP contribution < -0.4 is 5.73 Å². The quantitative estimate of drug-likeness (QED) is 0.818. The Balaban J connectivity index is 2.84. The Labute approximate surface area is 105 Å². The van der Waals surface area contributed by atoms with E-state index in [2.05, 4.69) is 43.8 Å². The molecule has 0 aromatic carbocycles. The van der Waals surface area contributed by atoms with Gasteiger partial charge in [-0.25, -0.2) is 0 Å². The van der Waals surface area contributed by atoms with Gasteiger partial charge in [0.15, 0.2) is 0 Å². The summed E-state index contributed by atoms with van der Waals surface area (Å²) in [6.45, 7) is 11.3. The van der Waals surface area contributed by atoms with Crippen LogP contribution in [0.5, 0.6) is 0 Å². The Morgan fingerprint density at radius 3 is 2.47 bits per heavy atom. The van der Waals surface area contributed by atoms with E-state index < -0.39 is 0 Å². The molecule has 0 amide bonds. The predicted molar refractivity (Wildman–Crippen MR) is 71.8 cm³/mol. The van der Waals surface area contributed by atoms with Crippen LogP contribution in [0.15, 0.2) is 6.07 Å². The number of hydrogen-bond acceptors (Lipinski definition) is 3. The fraction of sp³-hybridized carbons (Fsp3) is 0.769. The fourth-order valence-corrected chi connectivity index (χ4v) is 1.97. The molecule has 0 fully saturated rings. The van der Waals surface area contributed by atoms with Crippen LogP contribution in [0.4, 0.5) is 0 Å². The second kappa shape index (κ2) is 5.65. The van der Waals surface area contributed by atoms with Crippen molar-refractivity contribution in [1.82, 2.24) is 14.7 Å². The lowest BCUT2D eigenvalue weighted by atomic mass is 10.0. The molecular weight excluding hydrogens is 212 g/mol. The molecule has 0 aliphatic heterocycles. The van der Waals surface area contributed by atoms with E-state index in [1.54, 1.807) is 0 Å². The number of rotatable bonds is 6. The average molecular weight is 238 g/mol. The predicted octanol–water partition coefficient (Wildman–Crippen LogP) is 1.54. The number of hydrogen-bond donors (Lipinski definition) is 1. The van der Waals surface area contributed by atoms with Crippen LogP contribution in [0.1, 0.15) is 39.1 Å². The summed E-state index contributed by atoms with van der Waals surface area (Å²) in [6, 6.07) is 2.19. The lowest BCUT2D eigenvalue weighted by Crippen LogP contribution is -2.48. The highest BCUT2D eigenvalue weighted by Crippen LogP contribution is 2.17. The fourth-order valence-electron chi connectivity index (χ4n) is 1.97. The van der Waals surface area contributed by atoms with Gasteiger partial charge in [0.2, 0.25) is 0 Å². The summed E-state index contributed by atoms with van der Waals surface area (Å²) in [5, 5.41) is 4.48. The molecule has 17 heavy (non-hydrogen) atoms. The van der Waals surface area contributed by atoms with Gasteiger partial charge >= 0.3 is 0 Å². The first-order chi connectivity index (χ1) is 7.94. The van der Waals surface area contributed by atoms with Gasteiger partial charge in [-0.3, -0.25) is 9.58 Å². The third-order valence-electron chi connectivity index (χ3n) is 3.48. The third-order valence-corrected chi connectivity index (χ3v) is 3.48. The Hall–Kier alpha value is -0.870. The van der Waals surface area contributed by atoms with E-state index in [9.17, 15) is 0 Å². The zero-order chi connectivity index (χ0) is 13.1. The zero-order valence-electron chi connectivity index (χ0n) is 11.8. The molecule has 4 nitrogen and oxygen atoms in total. The van der Waals surface area contributed by atoms with Crippen LogP contribution in [0.2, 0.25) is 0 Å². The molecule has 0 aliphatic carbocycles. The molecule has 4 heteroatoms. The lowest BCUT2D eigenvalue weighted by molar-refractivity contribution is 0.122. The number of aryl methyl sites for hydroxylation is 2. The van der Waals surface area contributed by atoms with E-state index in [1.165, 1.54) is 5.69 Å². The van der Waals surface area contributed by atoms with Gasteiger partial charge in [0, 0.05) is 25.7 Å². The molecule has 1 aromatic rings. The monoisotopic (exact) mass is 238 g/mol. The van der Waals surface area contributed by atoms with Gasteiger partial charge in [-0.1, -0.05) is 13.8 Å². The van der Waals surface area contributed by atoms with Gasteiger partial charge in [0.25, 0.3) is 0 Å². The summed E-state index contributed by atoms with van der Waals surface area (Å²) in [7, 11) is 2.01. The van der Waals surface area contributed by atoms with E-state index in [-0.39, 0.29) is 5.54 Å². The summed E-state index contributed by atoms with van der Waals surface area (Å²) in [6.07, 6.45) is 0.986. The second-order valence-electron chi connectivity index (χ2n) is 5.13. The minimum atomic E-state index is 0.0331. The average Bonchev–Trinajstić information content (AvgIpc) is 2.66. The molecule has 1 heterocycles. The van der Waals surface area contributed by atoms with Gasteiger partial charge < -0.3 is 5.73 Å². The van der Waals surface area contributed by atoms with Gasteiger partial charge in [0.05, 0.1) is 11.4 Å². The SMILES string of the molecule is CCc1cc(CN(CC)C(C)(C)CN)n(C)n1. The second-order valence-corrected chi connectivity index (χ2v) is 5.13. The maximum absolute atomic E-state index is 5.84. The lowest BCUT2D eigenvalue weighted by Gasteiger charge is -2.36. The van der Waals surface area contributed by atoms with Crippen molar-refractivity contribution in [3.05, 3.63) is 17.5 Å². The molecule has 0 saturated carbocycles. The van der Waals surface area contributed by atoms with Crippen molar-refractivity contribution in [2.75, 3.05) is 13.1 Å². The maximum Gasteiger partial charge on any atom is 0.0625 e. The smallest absolute Gasteiger partial charge is 0.0625 e. The van der Waals surface area contributed by atoms with Crippen molar-refractivity contribution in [2.45, 2.75) is 46.2 Å². The third kappa shape index (κ3) is 3.30. The molecule has 1 rings (SSSR count). The van der Waals surface area contributed by atoms with Crippen molar-refractivity contribution < 1.29 is 0 Å². The Morgan fingerprint density at radius 2 is 2.06 bits per heavy atom. The molecule has 0 radical (unpaired) electrons. The highest BCUT2D eigenvalue weighted by molar-refractivity contribution is 5.10.